The maximum absolute atomic E-state index is 12.3. The number of hydrogen-bond donors (Lipinski definition) is 2. The lowest BCUT2D eigenvalue weighted by Gasteiger charge is -2.08. The van der Waals surface area contributed by atoms with E-state index in [0.29, 0.717) is 22.9 Å². The van der Waals surface area contributed by atoms with E-state index in [0.717, 1.165) is 11.8 Å². The van der Waals surface area contributed by atoms with Crippen molar-refractivity contribution >= 4 is 23.4 Å². The summed E-state index contributed by atoms with van der Waals surface area (Å²) in [6.45, 7) is 0. The van der Waals surface area contributed by atoms with E-state index in [1.807, 2.05) is 6.07 Å². The van der Waals surface area contributed by atoms with Crippen LogP contribution in [0.1, 0.15) is 0 Å². The Morgan fingerprint density at radius 3 is 2.59 bits per heavy atom. The first-order chi connectivity index (χ1) is 13.1. The summed E-state index contributed by atoms with van der Waals surface area (Å²) < 4.78 is 16.7. The number of methoxy groups -OCH3 is 2. The monoisotopic (exact) mass is 388 g/mol. The lowest BCUT2D eigenvalue weighted by Crippen LogP contribution is -2.36. The SMILES string of the molecule is COc1ccc(-[n+]2[nH]oc(=O)c2SCC(=O)Nc2ccccc2OC)cc1. The number of aromatic amines is 1. The molecule has 1 amide bonds. The van der Waals surface area contributed by atoms with Gasteiger partial charge in [-0.25, -0.2) is 4.79 Å². The van der Waals surface area contributed by atoms with Crippen LogP contribution in [0.5, 0.6) is 11.5 Å². The third-order valence-electron chi connectivity index (χ3n) is 3.66. The van der Waals surface area contributed by atoms with Crippen molar-refractivity contribution in [2.75, 3.05) is 25.3 Å². The molecule has 0 aliphatic carbocycles. The fraction of sp³-hybridized carbons (Fsp3) is 0.167. The summed E-state index contributed by atoms with van der Waals surface area (Å²) in [4.78, 5) is 24.3. The molecular weight excluding hydrogens is 370 g/mol. The average Bonchev–Trinajstić information content (AvgIpc) is 3.07. The molecule has 2 aromatic carbocycles. The van der Waals surface area contributed by atoms with E-state index in [2.05, 4.69) is 10.6 Å². The van der Waals surface area contributed by atoms with Crippen LogP contribution in [0.2, 0.25) is 0 Å². The molecule has 8 nitrogen and oxygen atoms in total. The maximum atomic E-state index is 12.3. The molecule has 0 aliphatic heterocycles. The zero-order valence-electron chi connectivity index (χ0n) is 14.7. The molecule has 9 heteroatoms. The van der Waals surface area contributed by atoms with Crippen molar-refractivity contribution < 1.29 is 23.5 Å². The zero-order chi connectivity index (χ0) is 19.2. The van der Waals surface area contributed by atoms with Gasteiger partial charge in [0.15, 0.2) is 0 Å². The van der Waals surface area contributed by atoms with Crippen LogP contribution in [0, 0.1) is 0 Å². The molecule has 3 aromatic rings. The van der Waals surface area contributed by atoms with Gasteiger partial charge in [0.2, 0.25) is 11.6 Å². The highest BCUT2D eigenvalue weighted by Crippen LogP contribution is 2.23. The van der Waals surface area contributed by atoms with Crippen molar-refractivity contribution in [3.8, 4) is 17.2 Å². The number of H-pyrrole nitrogens is 1. The first-order valence-corrected chi connectivity index (χ1v) is 8.94. The number of hydrogen-bond acceptors (Lipinski definition) is 6. The summed E-state index contributed by atoms with van der Waals surface area (Å²) in [7, 11) is 3.10. The van der Waals surface area contributed by atoms with Gasteiger partial charge in [0, 0.05) is 12.1 Å². The Morgan fingerprint density at radius 1 is 1.15 bits per heavy atom. The normalized spacial score (nSPS) is 10.4. The molecule has 0 unspecified atom stereocenters. The average molecular weight is 388 g/mol. The minimum Gasteiger partial charge on any atom is -0.497 e. The number of amides is 1. The third-order valence-corrected chi connectivity index (χ3v) is 4.69. The highest BCUT2D eigenvalue weighted by atomic mass is 32.2. The molecule has 0 radical (unpaired) electrons. The molecule has 27 heavy (non-hydrogen) atoms. The van der Waals surface area contributed by atoms with Crippen molar-refractivity contribution in [2.24, 2.45) is 0 Å². The van der Waals surface area contributed by atoms with Crippen molar-refractivity contribution in [1.82, 2.24) is 5.27 Å². The van der Waals surface area contributed by atoms with Gasteiger partial charge in [-0.1, -0.05) is 12.1 Å². The van der Waals surface area contributed by atoms with Crippen molar-refractivity contribution in [1.29, 1.82) is 0 Å². The molecule has 0 aliphatic rings. The highest BCUT2D eigenvalue weighted by molar-refractivity contribution is 7.99. The third kappa shape index (κ3) is 4.32. The van der Waals surface area contributed by atoms with Gasteiger partial charge in [-0.3, -0.25) is 9.32 Å². The smallest absolute Gasteiger partial charge is 0.442 e. The highest BCUT2D eigenvalue weighted by Gasteiger charge is 2.25. The summed E-state index contributed by atoms with van der Waals surface area (Å²) in [6, 6.07) is 14.2. The van der Waals surface area contributed by atoms with Crippen LogP contribution in [-0.2, 0) is 4.79 Å². The van der Waals surface area contributed by atoms with Crippen LogP contribution in [0.3, 0.4) is 0 Å². The lowest BCUT2D eigenvalue weighted by molar-refractivity contribution is -0.704. The number of carbonyl (C=O) groups excluding carboxylic acids is 1. The Balaban J connectivity index is 1.71. The summed E-state index contributed by atoms with van der Waals surface area (Å²) in [6.07, 6.45) is 0. The van der Waals surface area contributed by atoms with Gasteiger partial charge in [0.1, 0.15) is 11.5 Å². The summed E-state index contributed by atoms with van der Waals surface area (Å²) in [5.41, 5.74) is 0.685. The van der Waals surface area contributed by atoms with Gasteiger partial charge in [0.05, 0.1) is 25.7 Å². The molecule has 140 valence electrons. The first kappa shape index (κ1) is 18.6. The van der Waals surface area contributed by atoms with E-state index in [4.69, 9.17) is 14.0 Å². The predicted octanol–water partition coefficient (Wildman–Crippen LogP) is 1.99. The number of nitrogens with one attached hydrogen (secondary N) is 2. The molecule has 0 spiro atoms. The second-order valence-electron chi connectivity index (χ2n) is 5.36. The Morgan fingerprint density at radius 2 is 1.89 bits per heavy atom. The molecule has 3 rings (SSSR count). The number of rotatable bonds is 7. The van der Waals surface area contributed by atoms with Crippen LogP contribution in [0.4, 0.5) is 5.69 Å². The topological polar surface area (TPSA) is 97.4 Å². The minimum atomic E-state index is -0.555. The standard InChI is InChI=1S/C18H17N3O5S/c1-24-13-9-7-12(8-10-13)21-17(18(23)26-20-21)27-11-16(22)19-14-5-3-4-6-15(14)25-2/h3-10H,11H2,1-2H3,(H-,19,20,22,23)/p+1. The van der Waals surface area contributed by atoms with Crippen LogP contribution in [0.25, 0.3) is 5.69 Å². The van der Waals surface area contributed by atoms with Gasteiger partial charge in [-0.2, -0.15) is 0 Å². The number of benzene rings is 2. The predicted molar refractivity (Wildman–Crippen MR) is 99.8 cm³/mol. The van der Waals surface area contributed by atoms with Crippen molar-refractivity contribution in [2.45, 2.75) is 5.03 Å². The number of para-hydroxylation sites is 2. The molecule has 1 aromatic heterocycles. The van der Waals surface area contributed by atoms with E-state index in [9.17, 15) is 9.59 Å². The molecule has 0 saturated carbocycles. The summed E-state index contributed by atoms with van der Waals surface area (Å²) in [5, 5.41) is 5.56. The second kappa shape index (κ2) is 8.45. The largest absolute Gasteiger partial charge is 0.497 e. The van der Waals surface area contributed by atoms with Crippen LogP contribution in [-0.4, -0.2) is 31.2 Å². The van der Waals surface area contributed by atoms with E-state index < -0.39 is 5.63 Å². The number of anilines is 1. The maximum Gasteiger partial charge on any atom is 0.442 e. The second-order valence-corrected chi connectivity index (χ2v) is 6.32. The molecule has 0 atom stereocenters. The van der Waals surface area contributed by atoms with Gasteiger partial charge in [0.25, 0.3) is 0 Å². The minimum absolute atomic E-state index is 0.0246. The Hall–Kier alpha value is -3.20. The van der Waals surface area contributed by atoms with Gasteiger partial charge < -0.3 is 14.8 Å². The van der Waals surface area contributed by atoms with Gasteiger partial charge in [-0.05, 0) is 46.0 Å². The molecule has 0 bridgehead atoms. The number of ether oxygens (including phenoxy) is 2. The van der Waals surface area contributed by atoms with Crippen LogP contribution in [0.15, 0.2) is 62.9 Å². The first-order valence-electron chi connectivity index (χ1n) is 7.96. The van der Waals surface area contributed by atoms with E-state index in [-0.39, 0.29) is 16.7 Å². The molecule has 1 heterocycles. The molecule has 2 N–H and O–H groups in total. The number of thioether (sulfide) groups is 1. The lowest BCUT2D eigenvalue weighted by atomic mass is 10.3. The quantitative estimate of drug-likeness (QED) is 0.475. The molecule has 0 saturated heterocycles. The fourth-order valence-electron chi connectivity index (χ4n) is 2.36. The van der Waals surface area contributed by atoms with Crippen LogP contribution < -0.4 is 25.1 Å². The molecule has 0 fully saturated rings. The number of aromatic nitrogens is 2. The Kier molecular flexibility index (Phi) is 5.82. The zero-order valence-corrected chi connectivity index (χ0v) is 15.5. The van der Waals surface area contributed by atoms with Crippen molar-refractivity contribution in [3.63, 3.8) is 0 Å². The summed E-state index contributed by atoms with van der Waals surface area (Å²) in [5.74, 6) is 1.00. The van der Waals surface area contributed by atoms with Gasteiger partial charge >= 0.3 is 10.7 Å². The van der Waals surface area contributed by atoms with Gasteiger partial charge in [-0.15, -0.1) is 0 Å². The number of nitrogens with zero attached hydrogens (tertiary/aromatic N) is 1. The van der Waals surface area contributed by atoms with Crippen LogP contribution >= 0.6 is 11.8 Å². The molecular formula is C18H18N3O5S+. The van der Waals surface area contributed by atoms with E-state index in [1.165, 1.54) is 11.8 Å². The van der Waals surface area contributed by atoms with Crippen molar-refractivity contribution in [3.05, 3.63) is 59.0 Å². The fourth-order valence-corrected chi connectivity index (χ4v) is 3.13. The van der Waals surface area contributed by atoms with E-state index in [1.54, 1.807) is 49.6 Å². The Bertz CT molecular complexity index is 981. The Labute approximate surface area is 159 Å². The number of carbonyl (C=O) groups is 1. The van der Waals surface area contributed by atoms with E-state index >= 15 is 0 Å². The summed E-state index contributed by atoms with van der Waals surface area (Å²) >= 11 is 1.07.